The van der Waals surface area contributed by atoms with Gasteiger partial charge in [0.25, 0.3) is 0 Å². The number of hydrogen-bond donors (Lipinski definition) is 1. The van der Waals surface area contributed by atoms with Crippen molar-refractivity contribution in [2.24, 2.45) is 11.1 Å². The molecule has 0 bridgehead atoms. The third-order valence-electron chi connectivity index (χ3n) is 2.87. The lowest BCUT2D eigenvalue weighted by Gasteiger charge is -2.18. The number of nitrogens with zero attached hydrogens (tertiary/aromatic N) is 1. The first kappa shape index (κ1) is 16.0. The van der Waals surface area contributed by atoms with Crippen LogP contribution in [-0.4, -0.2) is 12.6 Å². The fourth-order valence-corrected chi connectivity index (χ4v) is 2.21. The molecule has 0 radical (unpaired) electrons. The van der Waals surface area contributed by atoms with E-state index < -0.39 is 0 Å². The van der Waals surface area contributed by atoms with E-state index in [0.29, 0.717) is 13.0 Å². The van der Waals surface area contributed by atoms with E-state index in [1.54, 1.807) is 0 Å². The summed E-state index contributed by atoms with van der Waals surface area (Å²) in [5, 5.41) is 8.99. The molecule has 0 fully saturated rings. The van der Waals surface area contributed by atoms with E-state index in [2.05, 4.69) is 22.0 Å². The lowest BCUT2D eigenvalue weighted by atomic mass is 9.92. The Morgan fingerprint density at radius 3 is 2.74 bits per heavy atom. The number of rotatable bonds is 6. The Hall–Kier alpha value is -1.05. The van der Waals surface area contributed by atoms with Gasteiger partial charge in [0.1, 0.15) is 5.75 Å². The van der Waals surface area contributed by atoms with Crippen molar-refractivity contribution in [3.05, 3.63) is 28.2 Å². The van der Waals surface area contributed by atoms with Crippen LogP contribution in [0.1, 0.15) is 32.8 Å². The molecule has 1 rings (SSSR count). The molecule has 19 heavy (non-hydrogen) atoms. The van der Waals surface area contributed by atoms with E-state index in [1.807, 2.05) is 39.0 Å². The average molecular weight is 325 g/mol. The van der Waals surface area contributed by atoms with Crippen molar-refractivity contribution in [2.45, 2.75) is 39.7 Å². The zero-order valence-corrected chi connectivity index (χ0v) is 13.3. The van der Waals surface area contributed by atoms with Crippen LogP contribution in [0.5, 0.6) is 5.75 Å². The first-order valence-electron chi connectivity index (χ1n) is 6.43. The van der Waals surface area contributed by atoms with Gasteiger partial charge in [-0.3, -0.25) is 0 Å². The molecule has 0 aliphatic heterocycles. The smallest absolute Gasteiger partial charge is 0.136 e. The molecule has 104 valence electrons. The van der Waals surface area contributed by atoms with Gasteiger partial charge in [-0.1, -0.05) is 12.1 Å². The summed E-state index contributed by atoms with van der Waals surface area (Å²) >= 11 is 3.50. The van der Waals surface area contributed by atoms with Gasteiger partial charge in [-0.25, -0.2) is 0 Å². The number of para-hydroxylation sites is 1. The summed E-state index contributed by atoms with van der Waals surface area (Å²) in [5.41, 5.74) is 6.59. The largest absolute Gasteiger partial charge is 0.492 e. The second-order valence-electron chi connectivity index (χ2n) is 5.50. The molecule has 0 saturated carbocycles. The third-order valence-corrected chi connectivity index (χ3v) is 3.49. The van der Waals surface area contributed by atoms with E-state index in [1.165, 1.54) is 0 Å². The van der Waals surface area contributed by atoms with Gasteiger partial charge in [0.15, 0.2) is 0 Å². The number of halogens is 1. The highest BCUT2D eigenvalue weighted by atomic mass is 79.9. The van der Waals surface area contributed by atoms with Crippen molar-refractivity contribution in [1.29, 1.82) is 5.26 Å². The second-order valence-corrected chi connectivity index (χ2v) is 6.36. The van der Waals surface area contributed by atoms with Crippen LogP contribution in [0, 0.1) is 16.7 Å². The number of benzene rings is 1. The summed E-state index contributed by atoms with van der Waals surface area (Å²) in [4.78, 5) is 0. The van der Waals surface area contributed by atoms with Crippen LogP contribution in [0.15, 0.2) is 22.7 Å². The number of nitriles is 1. The predicted molar refractivity (Wildman–Crippen MR) is 81.0 cm³/mol. The molecule has 3 nitrogen and oxygen atoms in total. The highest BCUT2D eigenvalue weighted by Gasteiger charge is 2.17. The highest BCUT2D eigenvalue weighted by Crippen LogP contribution is 2.30. The molecular formula is C15H21BrN2O. The maximum atomic E-state index is 8.99. The number of hydrogen-bond acceptors (Lipinski definition) is 3. The van der Waals surface area contributed by atoms with E-state index in [4.69, 9.17) is 15.7 Å². The maximum absolute atomic E-state index is 8.99. The minimum Gasteiger partial charge on any atom is -0.492 e. The molecule has 0 aromatic heterocycles. The minimum absolute atomic E-state index is 0.0900. The van der Waals surface area contributed by atoms with Crippen LogP contribution < -0.4 is 10.5 Å². The van der Waals surface area contributed by atoms with Crippen LogP contribution >= 0.6 is 15.9 Å². The normalized spacial score (nSPS) is 12.8. The Bertz CT molecular complexity index is 464. The molecular weight excluding hydrogens is 304 g/mol. The molecule has 0 aliphatic carbocycles. The van der Waals surface area contributed by atoms with Gasteiger partial charge in [-0.05, 0) is 61.2 Å². The quantitative estimate of drug-likeness (QED) is 0.868. The van der Waals surface area contributed by atoms with Crippen LogP contribution in [0.3, 0.4) is 0 Å². The lowest BCUT2D eigenvalue weighted by molar-refractivity contribution is 0.260. The lowest BCUT2D eigenvalue weighted by Crippen LogP contribution is -2.19. The molecule has 1 aromatic rings. The first-order valence-corrected chi connectivity index (χ1v) is 7.22. The van der Waals surface area contributed by atoms with Crippen LogP contribution in [0.2, 0.25) is 0 Å². The zero-order chi connectivity index (χ0) is 14.5. The van der Waals surface area contributed by atoms with Crippen molar-refractivity contribution >= 4 is 15.9 Å². The number of ether oxygens (including phenoxy) is 1. The Labute approximate surface area is 123 Å². The molecule has 0 amide bonds. The summed E-state index contributed by atoms with van der Waals surface area (Å²) in [7, 11) is 0. The molecule has 0 spiro atoms. The summed E-state index contributed by atoms with van der Waals surface area (Å²) in [6.07, 6.45) is 1.47. The van der Waals surface area contributed by atoms with Crippen LogP contribution in [0.25, 0.3) is 0 Å². The van der Waals surface area contributed by atoms with E-state index in [9.17, 15) is 0 Å². The van der Waals surface area contributed by atoms with Gasteiger partial charge in [0.05, 0.1) is 22.6 Å². The van der Waals surface area contributed by atoms with E-state index in [-0.39, 0.29) is 11.5 Å². The monoisotopic (exact) mass is 324 g/mol. The standard InChI is InChI=1S/C15H21BrN2O/c1-11(18)9-12-5-4-6-13(16)14(12)19-8-7-15(2,3)10-17/h4-6,11H,7-9,18H2,1-3H3. The first-order chi connectivity index (χ1) is 8.85. The number of nitrogens with two attached hydrogens (primary N) is 1. The Morgan fingerprint density at radius 2 is 2.16 bits per heavy atom. The van der Waals surface area contributed by atoms with Gasteiger partial charge in [0, 0.05) is 6.04 Å². The fraction of sp³-hybridized carbons (Fsp3) is 0.533. The Kier molecular flexibility index (Phi) is 5.84. The molecule has 4 heteroatoms. The van der Waals surface area contributed by atoms with Crippen LogP contribution in [0.4, 0.5) is 0 Å². The van der Waals surface area contributed by atoms with Crippen molar-refractivity contribution < 1.29 is 4.74 Å². The minimum atomic E-state index is -0.359. The SMILES string of the molecule is CC(N)Cc1cccc(Br)c1OCCC(C)(C)C#N. The van der Waals surface area contributed by atoms with Crippen molar-refractivity contribution in [3.8, 4) is 11.8 Å². The van der Waals surface area contributed by atoms with Gasteiger partial charge in [-0.15, -0.1) is 0 Å². The molecule has 2 N–H and O–H groups in total. The van der Waals surface area contributed by atoms with E-state index in [0.717, 1.165) is 22.2 Å². The Morgan fingerprint density at radius 1 is 1.47 bits per heavy atom. The summed E-state index contributed by atoms with van der Waals surface area (Å²) < 4.78 is 6.78. The van der Waals surface area contributed by atoms with Gasteiger partial charge in [-0.2, -0.15) is 5.26 Å². The topological polar surface area (TPSA) is 59.0 Å². The third kappa shape index (κ3) is 5.22. The average Bonchev–Trinajstić information content (AvgIpc) is 2.32. The maximum Gasteiger partial charge on any atom is 0.136 e. The van der Waals surface area contributed by atoms with Crippen LogP contribution in [-0.2, 0) is 6.42 Å². The second kappa shape index (κ2) is 6.93. The van der Waals surface area contributed by atoms with Crippen molar-refractivity contribution in [1.82, 2.24) is 0 Å². The predicted octanol–water partition coefficient (Wildman–Crippen LogP) is 3.66. The molecule has 1 atom stereocenters. The summed E-state index contributed by atoms with van der Waals surface area (Å²) in [6, 6.07) is 8.33. The molecule has 0 heterocycles. The van der Waals surface area contributed by atoms with Crippen molar-refractivity contribution in [2.75, 3.05) is 6.61 Å². The fourth-order valence-electron chi connectivity index (χ4n) is 1.69. The molecule has 0 aliphatic rings. The summed E-state index contributed by atoms with van der Waals surface area (Å²) in [5.74, 6) is 0.841. The Balaban J connectivity index is 2.75. The molecule has 0 saturated heterocycles. The van der Waals surface area contributed by atoms with Gasteiger partial charge < -0.3 is 10.5 Å². The summed E-state index contributed by atoms with van der Waals surface area (Å²) in [6.45, 7) is 6.33. The molecule has 1 unspecified atom stereocenters. The van der Waals surface area contributed by atoms with Gasteiger partial charge in [0.2, 0.25) is 0 Å². The van der Waals surface area contributed by atoms with E-state index >= 15 is 0 Å². The zero-order valence-electron chi connectivity index (χ0n) is 11.7. The highest BCUT2D eigenvalue weighted by molar-refractivity contribution is 9.10. The molecule has 1 aromatic carbocycles. The van der Waals surface area contributed by atoms with Gasteiger partial charge >= 0.3 is 0 Å². The van der Waals surface area contributed by atoms with Crippen molar-refractivity contribution in [3.63, 3.8) is 0 Å².